The predicted molar refractivity (Wildman–Crippen MR) is 121 cm³/mol. The smallest absolute Gasteiger partial charge is 0.339 e. The van der Waals surface area contributed by atoms with Crippen LogP contribution in [0.25, 0.3) is 11.1 Å². The SMILES string of the molecule is COC(=O)C(OC(C)(C)C)c1c(C)c([N+](=O)[O-])c(N)c(I)c1-c1ccc(C)cc1. The highest BCUT2D eigenvalue weighted by Crippen LogP contribution is 2.45. The van der Waals surface area contributed by atoms with E-state index >= 15 is 0 Å². The van der Waals surface area contributed by atoms with E-state index in [1.54, 1.807) is 27.7 Å². The molecule has 2 aromatic rings. The molecule has 0 saturated carbocycles. The molecule has 0 bridgehead atoms. The van der Waals surface area contributed by atoms with Gasteiger partial charge in [0.2, 0.25) is 0 Å². The molecule has 7 nitrogen and oxygen atoms in total. The van der Waals surface area contributed by atoms with Crippen LogP contribution in [-0.2, 0) is 14.3 Å². The molecule has 156 valence electrons. The van der Waals surface area contributed by atoms with E-state index in [0.717, 1.165) is 11.1 Å². The first-order chi connectivity index (χ1) is 13.4. The lowest BCUT2D eigenvalue weighted by molar-refractivity contribution is -0.384. The summed E-state index contributed by atoms with van der Waals surface area (Å²) in [5.74, 6) is -0.633. The number of carbonyl (C=O) groups excluding carboxylic acids is 1. The molecule has 0 aliphatic rings. The van der Waals surface area contributed by atoms with Crippen molar-refractivity contribution in [1.82, 2.24) is 0 Å². The number of hydrogen-bond donors (Lipinski definition) is 1. The number of rotatable bonds is 5. The summed E-state index contributed by atoms with van der Waals surface area (Å²) in [6.45, 7) is 8.96. The van der Waals surface area contributed by atoms with E-state index < -0.39 is 22.6 Å². The number of esters is 1. The number of halogens is 1. The van der Waals surface area contributed by atoms with Gasteiger partial charge in [-0.15, -0.1) is 0 Å². The van der Waals surface area contributed by atoms with Crippen molar-refractivity contribution >= 4 is 39.9 Å². The summed E-state index contributed by atoms with van der Waals surface area (Å²) in [6.07, 6.45) is -1.15. The number of nitro benzene ring substituents is 1. The number of methoxy groups -OCH3 is 1. The molecular formula is C21H25IN2O5. The first kappa shape index (κ1) is 23.1. The number of ether oxygens (including phenoxy) is 2. The minimum atomic E-state index is -1.15. The highest BCUT2D eigenvalue weighted by atomic mass is 127. The molecule has 0 aliphatic carbocycles. The molecule has 1 atom stereocenters. The van der Waals surface area contributed by atoms with E-state index in [1.807, 2.05) is 53.8 Å². The fraction of sp³-hybridized carbons (Fsp3) is 0.381. The summed E-state index contributed by atoms with van der Waals surface area (Å²) < 4.78 is 11.5. The molecule has 29 heavy (non-hydrogen) atoms. The maximum Gasteiger partial charge on any atom is 0.339 e. The zero-order chi connectivity index (χ0) is 22.1. The lowest BCUT2D eigenvalue weighted by atomic mass is 9.89. The predicted octanol–water partition coefficient (Wildman–Crippen LogP) is 5.09. The van der Waals surface area contributed by atoms with Crippen LogP contribution in [-0.4, -0.2) is 23.6 Å². The lowest BCUT2D eigenvalue weighted by Gasteiger charge is -2.29. The van der Waals surface area contributed by atoms with Crippen molar-refractivity contribution in [3.8, 4) is 11.1 Å². The summed E-state index contributed by atoms with van der Waals surface area (Å²) >= 11 is 1.99. The van der Waals surface area contributed by atoms with E-state index in [-0.39, 0.29) is 16.9 Å². The number of nitrogens with two attached hydrogens (primary N) is 1. The Balaban J connectivity index is 2.97. The van der Waals surface area contributed by atoms with Crippen molar-refractivity contribution in [1.29, 1.82) is 0 Å². The van der Waals surface area contributed by atoms with Crippen LogP contribution in [0.3, 0.4) is 0 Å². The van der Waals surface area contributed by atoms with Crippen LogP contribution in [0, 0.1) is 27.5 Å². The fourth-order valence-corrected chi connectivity index (χ4v) is 3.98. The topological polar surface area (TPSA) is 105 Å². The molecule has 0 saturated heterocycles. The van der Waals surface area contributed by atoms with Crippen molar-refractivity contribution in [2.24, 2.45) is 0 Å². The Morgan fingerprint density at radius 1 is 1.21 bits per heavy atom. The Morgan fingerprint density at radius 3 is 2.21 bits per heavy atom. The zero-order valence-electron chi connectivity index (χ0n) is 17.3. The summed E-state index contributed by atoms with van der Waals surface area (Å²) in [4.78, 5) is 23.9. The van der Waals surface area contributed by atoms with Crippen LogP contribution < -0.4 is 5.73 Å². The second-order valence-electron chi connectivity index (χ2n) is 7.75. The van der Waals surface area contributed by atoms with Crippen LogP contribution >= 0.6 is 22.6 Å². The fourth-order valence-electron chi connectivity index (χ4n) is 3.12. The van der Waals surface area contributed by atoms with E-state index in [0.29, 0.717) is 14.7 Å². The Kier molecular flexibility index (Phi) is 6.89. The van der Waals surface area contributed by atoms with Crippen LogP contribution in [0.5, 0.6) is 0 Å². The minimum absolute atomic E-state index is 0.0619. The number of aryl methyl sites for hydroxylation is 1. The van der Waals surface area contributed by atoms with Gasteiger partial charge in [0.05, 0.1) is 21.2 Å². The Labute approximate surface area is 183 Å². The monoisotopic (exact) mass is 512 g/mol. The number of carbonyl (C=O) groups is 1. The van der Waals surface area contributed by atoms with Gasteiger partial charge < -0.3 is 15.2 Å². The molecule has 0 spiro atoms. The van der Waals surface area contributed by atoms with Crippen molar-refractivity contribution in [3.05, 3.63) is 54.6 Å². The number of hydrogen-bond acceptors (Lipinski definition) is 6. The first-order valence-corrected chi connectivity index (χ1v) is 10.1. The normalized spacial score (nSPS) is 12.5. The second-order valence-corrected chi connectivity index (χ2v) is 8.83. The lowest BCUT2D eigenvalue weighted by Crippen LogP contribution is -2.29. The number of benzene rings is 2. The molecule has 0 radical (unpaired) electrons. The highest BCUT2D eigenvalue weighted by molar-refractivity contribution is 14.1. The van der Waals surface area contributed by atoms with Gasteiger partial charge >= 0.3 is 5.97 Å². The van der Waals surface area contributed by atoms with Crippen LogP contribution in [0.15, 0.2) is 24.3 Å². The molecule has 0 heterocycles. The largest absolute Gasteiger partial charge is 0.467 e. The number of nitrogen functional groups attached to an aromatic ring is 1. The maximum absolute atomic E-state index is 12.7. The van der Waals surface area contributed by atoms with Crippen molar-refractivity contribution in [2.45, 2.75) is 46.3 Å². The summed E-state index contributed by atoms with van der Waals surface area (Å²) in [6, 6.07) is 7.65. The average molecular weight is 512 g/mol. The van der Waals surface area contributed by atoms with Gasteiger partial charge in [-0.1, -0.05) is 29.8 Å². The molecule has 0 amide bonds. The van der Waals surface area contributed by atoms with Crippen LogP contribution in [0.1, 0.15) is 43.6 Å². The quantitative estimate of drug-likeness (QED) is 0.197. The van der Waals surface area contributed by atoms with E-state index in [2.05, 4.69) is 0 Å². The van der Waals surface area contributed by atoms with Gasteiger partial charge in [-0.05, 0) is 62.8 Å². The van der Waals surface area contributed by atoms with Crippen molar-refractivity contribution < 1.29 is 19.2 Å². The Bertz CT molecular complexity index is 949. The van der Waals surface area contributed by atoms with Crippen LogP contribution in [0.2, 0.25) is 0 Å². The molecule has 0 fully saturated rings. The third-order valence-corrected chi connectivity index (χ3v) is 5.53. The van der Waals surface area contributed by atoms with E-state index in [4.69, 9.17) is 15.2 Å². The summed E-state index contributed by atoms with van der Waals surface area (Å²) in [5.41, 5.74) is 8.43. The van der Waals surface area contributed by atoms with Gasteiger partial charge in [0.1, 0.15) is 5.69 Å². The zero-order valence-corrected chi connectivity index (χ0v) is 19.5. The maximum atomic E-state index is 12.7. The van der Waals surface area contributed by atoms with Gasteiger partial charge in [0.25, 0.3) is 5.69 Å². The molecule has 8 heteroatoms. The summed E-state index contributed by atoms with van der Waals surface area (Å²) in [5, 5.41) is 11.8. The van der Waals surface area contributed by atoms with Gasteiger partial charge in [-0.25, -0.2) is 4.79 Å². The first-order valence-electron chi connectivity index (χ1n) is 8.97. The van der Waals surface area contributed by atoms with Crippen molar-refractivity contribution in [2.75, 3.05) is 12.8 Å². The standard InChI is InChI=1S/C21H25IN2O5/c1-11-7-9-13(10-8-11)15-14(19(20(25)28-6)29-21(3,4)5)12(2)18(24(26)27)17(23)16(15)22/h7-10,19H,23H2,1-6H3. The molecule has 2 aromatic carbocycles. The van der Waals surface area contributed by atoms with Crippen molar-refractivity contribution in [3.63, 3.8) is 0 Å². The van der Waals surface area contributed by atoms with E-state index in [1.165, 1.54) is 7.11 Å². The van der Waals surface area contributed by atoms with Gasteiger partial charge in [0, 0.05) is 16.7 Å². The third kappa shape index (κ3) is 4.87. The van der Waals surface area contributed by atoms with Crippen LogP contribution in [0.4, 0.5) is 11.4 Å². The highest BCUT2D eigenvalue weighted by Gasteiger charge is 2.37. The van der Waals surface area contributed by atoms with Gasteiger partial charge in [0.15, 0.2) is 6.10 Å². The number of anilines is 1. The molecular weight excluding hydrogens is 487 g/mol. The number of nitrogens with zero attached hydrogens (tertiary/aromatic N) is 1. The van der Waals surface area contributed by atoms with Gasteiger partial charge in [-0.3, -0.25) is 10.1 Å². The molecule has 0 aromatic heterocycles. The minimum Gasteiger partial charge on any atom is -0.467 e. The second kappa shape index (κ2) is 8.66. The van der Waals surface area contributed by atoms with E-state index in [9.17, 15) is 14.9 Å². The average Bonchev–Trinajstić information content (AvgIpc) is 2.62. The molecule has 1 unspecified atom stereocenters. The van der Waals surface area contributed by atoms with Gasteiger partial charge in [-0.2, -0.15) is 0 Å². The molecule has 2 N–H and O–H groups in total. The molecule has 0 aliphatic heterocycles. The Hall–Kier alpha value is -2.20. The molecule has 2 rings (SSSR count). The summed E-state index contributed by atoms with van der Waals surface area (Å²) in [7, 11) is 1.26. The Morgan fingerprint density at radius 2 is 1.76 bits per heavy atom. The number of nitro groups is 1. The third-order valence-electron chi connectivity index (χ3n) is 4.41.